The molecule has 0 fully saturated rings. The molecule has 1 N–H and O–H groups in total. The van der Waals surface area contributed by atoms with E-state index in [2.05, 4.69) is 5.32 Å². The third-order valence-electron chi connectivity index (χ3n) is 5.12. The van der Waals surface area contributed by atoms with E-state index in [1.807, 2.05) is 13.8 Å². The molecule has 190 valence electrons. The van der Waals surface area contributed by atoms with Gasteiger partial charge in [-0.1, -0.05) is 6.07 Å². The lowest BCUT2D eigenvalue weighted by molar-refractivity contribution is -0.385. The summed E-state index contributed by atoms with van der Waals surface area (Å²) in [6.45, 7) is 4.74. The van der Waals surface area contributed by atoms with Crippen molar-refractivity contribution in [2.24, 2.45) is 0 Å². The SMILES string of the molecule is COc1ccc(N(CC(=O)Nc2ccc(OC(C)C)cc2)S(=O)(=O)c2ccc(C)c([N+](=O)[O-])c2)cc1. The minimum absolute atomic E-state index is 0.00805. The summed E-state index contributed by atoms with van der Waals surface area (Å²) in [6, 6.07) is 16.4. The number of nitro benzene ring substituents is 1. The Hall–Kier alpha value is -4.12. The van der Waals surface area contributed by atoms with Crippen LogP contribution in [0, 0.1) is 17.0 Å². The number of carbonyl (C=O) groups excluding carboxylic acids is 1. The van der Waals surface area contributed by atoms with Crippen molar-refractivity contribution in [1.82, 2.24) is 0 Å². The number of nitrogens with zero attached hydrogens (tertiary/aromatic N) is 2. The van der Waals surface area contributed by atoms with Crippen LogP contribution in [0.4, 0.5) is 17.1 Å². The van der Waals surface area contributed by atoms with Gasteiger partial charge < -0.3 is 14.8 Å². The van der Waals surface area contributed by atoms with Crippen LogP contribution in [-0.4, -0.2) is 39.0 Å². The Balaban J connectivity index is 1.93. The first-order valence-electron chi connectivity index (χ1n) is 11.0. The summed E-state index contributed by atoms with van der Waals surface area (Å²) in [6.07, 6.45) is -0.00805. The second-order valence-corrected chi connectivity index (χ2v) is 10.0. The van der Waals surface area contributed by atoms with Gasteiger partial charge in [0, 0.05) is 17.3 Å². The molecular weight excluding hydrogens is 486 g/mol. The Bertz CT molecular complexity index is 1340. The lowest BCUT2D eigenvalue weighted by Gasteiger charge is -2.24. The number of aryl methyl sites for hydroxylation is 1. The Morgan fingerprint density at radius 3 is 2.19 bits per heavy atom. The summed E-state index contributed by atoms with van der Waals surface area (Å²) in [5.74, 6) is 0.523. The molecule has 0 heterocycles. The molecule has 0 unspecified atom stereocenters. The number of amides is 1. The first kappa shape index (κ1) is 26.5. The number of rotatable bonds is 10. The standard InChI is InChI=1S/C25H27N3O7S/c1-17(2)35-22-10-6-19(7-11-22)26-25(29)16-27(20-8-12-21(34-4)13-9-20)36(32,33)23-14-5-18(3)24(15-23)28(30)31/h5-15,17H,16H2,1-4H3,(H,26,29). The summed E-state index contributed by atoms with van der Waals surface area (Å²) >= 11 is 0. The van der Waals surface area contributed by atoms with Crippen LogP contribution in [0.5, 0.6) is 11.5 Å². The highest BCUT2D eigenvalue weighted by atomic mass is 32.2. The van der Waals surface area contributed by atoms with Gasteiger partial charge in [-0.15, -0.1) is 0 Å². The van der Waals surface area contributed by atoms with Crippen molar-refractivity contribution in [3.8, 4) is 11.5 Å². The van der Waals surface area contributed by atoms with Crippen LogP contribution in [0.15, 0.2) is 71.6 Å². The highest BCUT2D eigenvalue weighted by Crippen LogP contribution is 2.29. The normalized spacial score (nSPS) is 11.1. The van der Waals surface area contributed by atoms with Gasteiger partial charge in [-0.3, -0.25) is 19.2 Å². The molecule has 0 saturated carbocycles. The zero-order valence-electron chi connectivity index (χ0n) is 20.3. The Labute approximate surface area is 209 Å². The van der Waals surface area contributed by atoms with E-state index in [9.17, 15) is 23.3 Å². The number of carbonyl (C=O) groups is 1. The van der Waals surface area contributed by atoms with Gasteiger partial charge in [0.25, 0.3) is 15.7 Å². The minimum atomic E-state index is -4.35. The number of ether oxygens (including phenoxy) is 2. The largest absolute Gasteiger partial charge is 0.497 e. The molecule has 3 aromatic carbocycles. The second-order valence-electron chi connectivity index (χ2n) is 8.15. The van der Waals surface area contributed by atoms with Crippen LogP contribution in [-0.2, 0) is 14.8 Å². The quantitative estimate of drug-likeness (QED) is 0.311. The van der Waals surface area contributed by atoms with Gasteiger partial charge in [0.1, 0.15) is 18.0 Å². The fourth-order valence-electron chi connectivity index (χ4n) is 3.36. The molecule has 1 amide bonds. The van der Waals surface area contributed by atoms with E-state index in [-0.39, 0.29) is 22.4 Å². The molecule has 36 heavy (non-hydrogen) atoms. The lowest BCUT2D eigenvalue weighted by Crippen LogP contribution is -2.38. The number of hydrogen-bond donors (Lipinski definition) is 1. The predicted octanol–water partition coefficient (Wildman–Crippen LogP) is 4.53. The Morgan fingerprint density at radius 2 is 1.64 bits per heavy atom. The molecule has 0 aromatic heterocycles. The zero-order chi connectivity index (χ0) is 26.5. The van der Waals surface area contributed by atoms with Gasteiger partial charge in [-0.2, -0.15) is 0 Å². The molecular formula is C25H27N3O7S. The number of nitrogens with one attached hydrogen (secondary N) is 1. The number of hydrogen-bond acceptors (Lipinski definition) is 7. The predicted molar refractivity (Wildman–Crippen MR) is 136 cm³/mol. The van der Waals surface area contributed by atoms with Gasteiger partial charge in [-0.05, 0) is 75.4 Å². The Morgan fingerprint density at radius 1 is 1.03 bits per heavy atom. The highest BCUT2D eigenvalue weighted by Gasteiger charge is 2.29. The van der Waals surface area contributed by atoms with E-state index < -0.39 is 27.4 Å². The minimum Gasteiger partial charge on any atom is -0.497 e. The van der Waals surface area contributed by atoms with Crippen LogP contribution in [0.2, 0.25) is 0 Å². The van der Waals surface area contributed by atoms with E-state index in [0.29, 0.717) is 22.7 Å². The first-order chi connectivity index (χ1) is 17.0. The van der Waals surface area contributed by atoms with E-state index in [1.54, 1.807) is 36.4 Å². The van der Waals surface area contributed by atoms with Crippen molar-refractivity contribution in [1.29, 1.82) is 0 Å². The number of benzene rings is 3. The average Bonchev–Trinajstić information content (AvgIpc) is 2.83. The summed E-state index contributed by atoms with van der Waals surface area (Å²) < 4.78 is 38.8. The lowest BCUT2D eigenvalue weighted by atomic mass is 10.2. The van der Waals surface area contributed by atoms with Crippen LogP contribution in [0.3, 0.4) is 0 Å². The Kier molecular flexibility index (Phi) is 8.15. The van der Waals surface area contributed by atoms with E-state index in [1.165, 1.54) is 38.3 Å². The second kappa shape index (κ2) is 11.1. The number of methoxy groups -OCH3 is 1. The maximum atomic E-state index is 13.6. The molecule has 3 rings (SSSR count). The molecule has 0 aliphatic rings. The first-order valence-corrected chi connectivity index (χ1v) is 12.4. The molecule has 0 atom stereocenters. The van der Waals surface area contributed by atoms with E-state index >= 15 is 0 Å². The van der Waals surface area contributed by atoms with Crippen molar-refractivity contribution < 1.29 is 27.6 Å². The summed E-state index contributed by atoms with van der Waals surface area (Å²) in [7, 11) is -2.87. The third kappa shape index (κ3) is 6.30. The molecule has 11 heteroatoms. The number of anilines is 2. The van der Waals surface area contributed by atoms with Crippen LogP contribution in [0.25, 0.3) is 0 Å². The maximum Gasteiger partial charge on any atom is 0.273 e. The van der Waals surface area contributed by atoms with Crippen LogP contribution < -0.4 is 19.1 Å². The average molecular weight is 514 g/mol. The zero-order valence-corrected chi connectivity index (χ0v) is 21.1. The molecule has 10 nitrogen and oxygen atoms in total. The van der Waals surface area contributed by atoms with Crippen molar-refractivity contribution in [3.63, 3.8) is 0 Å². The molecule has 0 radical (unpaired) electrons. The van der Waals surface area contributed by atoms with Crippen molar-refractivity contribution in [2.45, 2.75) is 31.8 Å². The summed E-state index contributed by atoms with van der Waals surface area (Å²) in [5, 5.41) is 14.1. The molecule has 0 bridgehead atoms. The fraction of sp³-hybridized carbons (Fsp3) is 0.240. The molecule has 0 spiro atoms. The van der Waals surface area contributed by atoms with Gasteiger partial charge in [-0.25, -0.2) is 8.42 Å². The van der Waals surface area contributed by atoms with E-state index in [4.69, 9.17) is 9.47 Å². The maximum absolute atomic E-state index is 13.6. The highest BCUT2D eigenvalue weighted by molar-refractivity contribution is 7.92. The molecule has 3 aromatic rings. The topological polar surface area (TPSA) is 128 Å². The molecule has 0 aliphatic heterocycles. The van der Waals surface area contributed by atoms with Crippen LogP contribution in [0.1, 0.15) is 19.4 Å². The van der Waals surface area contributed by atoms with Gasteiger partial charge in [0.15, 0.2) is 0 Å². The van der Waals surface area contributed by atoms with Gasteiger partial charge >= 0.3 is 0 Å². The monoisotopic (exact) mass is 513 g/mol. The number of nitro groups is 1. The van der Waals surface area contributed by atoms with Crippen LogP contribution >= 0.6 is 0 Å². The molecule has 0 saturated heterocycles. The van der Waals surface area contributed by atoms with Gasteiger partial charge in [0.2, 0.25) is 5.91 Å². The summed E-state index contributed by atoms with van der Waals surface area (Å²) in [4.78, 5) is 23.3. The smallest absolute Gasteiger partial charge is 0.273 e. The third-order valence-corrected chi connectivity index (χ3v) is 6.89. The van der Waals surface area contributed by atoms with Crippen molar-refractivity contribution in [3.05, 3.63) is 82.4 Å². The fourth-order valence-corrected chi connectivity index (χ4v) is 4.80. The molecule has 0 aliphatic carbocycles. The van der Waals surface area contributed by atoms with Gasteiger partial charge in [0.05, 0.1) is 28.7 Å². The summed E-state index contributed by atoms with van der Waals surface area (Å²) in [5.41, 5.74) is 0.625. The van der Waals surface area contributed by atoms with E-state index in [0.717, 1.165) is 10.4 Å². The van der Waals surface area contributed by atoms with Crippen molar-refractivity contribution in [2.75, 3.05) is 23.3 Å². The van der Waals surface area contributed by atoms with Crippen molar-refractivity contribution >= 4 is 33.0 Å². The number of sulfonamides is 1.